The van der Waals surface area contributed by atoms with Crippen LogP contribution >= 0.6 is 0 Å². The summed E-state index contributed by atoms with van der Waals surface area (Å²) in [6.45, 7) is 4.71. The summed E-state index contributed by atoms with van der Waals surface area (Å²) in [5.74, 6) is 0. The summed E-state index contributed by atoms with van der Waals surface area (Å²) in [6, 6.07) is 69.1. The average molecular weight is 664 g/mol. The molecule has 0 saturated carbocycles. The third-order valence-corrected chi connectivity index (χ3v) is 11.3. The molecule has 10 rings (SSSR count). The van der Waals surface area contributed by atoms with Crippen LogP contribution in [-0.2, 0) is 5.41 Å². The van der Waals surface area contributed by atoms with E-state index in [0.717, 1.165) is 17.1 Å². The Bertz CT molecular complexity index is 2750. The van der Waals surface area contributed by atoms with Gasteiger partial charge in [-0.1, -0.05) is 166 Å². The van der Waals surface area contributed by atoms with Gasteiger partial charge >= 0.3 is 0 Å². The number of rotatable bonds is 5. The van der Waals surface area contributed by atoms with Crippen molar-refractivity contribution in [3.8, 4) is 33.4 Å². The van der Waals surface area contributed by atoms with E-state index in [9.17, 15) is 0 Å². The monoisotopic (exact) mass is 663 g/mol. The summed E-state index contributed by atoms with van der Waals surface area (Å²) in [5.41, 5.74) is 13.6. The quantitative estimate of drug-likeness (QED) is 0.166. The molecule has 9 aromatic carbocycles. The molecule has 0 aliphatic heterocycles. The minimum absolute atomic E-state index is 0.0874. The standard InChI is InChI=1S/C51H37N/c1-51(2)48-22-11-10-18-44(48)45-32-31-39(33-49(45)51)52(37-27-23-35(24-28-37)34-13-4-3-5-14-34)38-29-25-36(26-30-38)40-20-12-21-47-43-16-7-6-15-41(43)42-17-8-9-19-46(42)50(40)47/h3-33H,1-2H3. The molecule has 0 bridgehead atoms. The Morgan fingerprint density at radius 3 is 1.46 bits per heavy atom. The van der Waals surface area contributed by atoms with Gasteiger partial charge < -0.3 is 4.90 Å². The largest absolute Gasteiger partial charge is 0.310 e. The third kappa shape index (κ3) is 4.70. The molecule has 0 saturated heterocycles. The van der Waals surface area contributed by atoms with Gasteiger partial charge in [0.05, 0.1) is 0 Å². The fourth-order valence-electron chi connectivity index (χ4n) is 8.70. The van der Waals surface area contributed by atoms with Crippen LogP contribution in [0.5, 0.6) is 0 Å². The maximum Gasteiger partial charge on any atom is 0.0465 e. The molecule has 52 heavy (non-hydrogen) atoms. The highest BCUT2D eigenvalue weighted by atomic mass is 15.1. The van der Waals surface area contributed by atoms with Gasteiger partial charge in [-0.3, -0.25) is 0 Å². The Morgan fingerprint density at radius 2 is 0.788 bits per heavy atom. The normalized spacial score (nSPS) is 13.0. The minimum atomic E-state index is -0.0874. The van der Waals surface area contributed by atoms with Crippen molar-refractivity contribution in [1.82, 2.24) is 0 Å². The molecule has 0 radical (unpaired) electrons. The van der Waals surface area contributed by atoms with E-state index in [1.807, 2.05) is 0 Å². The summed E-state index contributed by atoms with van der Waals surface area (Å²) < 4.78 is 0. The van der Waals surface area contributed by atoms with Crippen molar-refractivity contribution in [1.29, 1.82) is 0 Å². The lowest BCUT2D eigenvalue weighted by Crippen LogP contribution is -2.16. The van der Waals surface area contributed by atoms with Crippen LogP contribution < -0.4 is 4.90 Å². The summed E-state index contributed by atoms with van der Waals surface area (Å²) in [7, 11) is 0. The van der Waals surface area contributed by atoms with Crippen LogP contribution in [0.2, 0.25) is 0 Å². The molecule has 1 nitrogen and oxygen atoms in total. The fourth-order valence-corrected chi connectivity index (χ4v) is 8.70. The second kappa shape index (κ2) is 11.8. The number of anilines is 3. The zero-order valence-electron chi connectivity index (χ0n) is 29.3. The van der Waals surface area contributed by atoms with E-state index >= 15 is 0 Å². The summed E-state index contributed by atoms with van der Waals surface area (Å²) in [4.78, 5) is 2.41. The topological polar surface area (TPSA) is 3.24 Å². The van der Waals surface area contributed by atoms with Gasteiger partial charge in [0.1, 0.15) is 0 Å². The lowest BCUT2D eigenvalue weighted by atomic mass is 9.82. The Kier molecular flexibility index (Phi) is 6.91. The lowest BCUT2D eigenvalue weighted by molar-refractivity contribution is 0.660. The number of benzene rings is 9. The molecule has 1 aliphatic rings. The SMILES string of the molecule is CC1(C)c2ccccc2-c2ccc(N(c3ccc(-c4ccccc4)cc3)c3ccc(-c4cccc5c6ccccc6c6ccccc6c45)cc3)cc21. The molecule has 246 valence electrons. The number of hydrogen-bond acceptors (Lipinski definition) is 1. The van der Waals surface area contributed by atoms with Gasteiger partial charge in [0.2, 0.25) is 0 Å². The maximum atomic E-state index is 2.41. The van der Waals surface area contributed by atoms with Crippen molar-refractivity contribution in [2.45, 2.75) is 19.3 Å². The van der Waals surface area contributed by atoms with E-state index in [1.54, 1.807) is 0 Å². The number of nitrogens with zero attached hydrogens (tertiary/aromatic N) is 1. The van der Waals surface area contributed by atoms with Crippen LogP contribution in [0.1, 0.15) is 25.0 Å². The molecule has 0 N–H and O–H groups in total. The molecular weight excluding hydrogens is 627 g/mol. The van der Waals surface area contributed by atoms with Crippen molar-refractivity contribution in [3.63, 3.8) is 0 Å². The number of hydrogen-bond donors (Lipinski definition) is 0. The first-order chi connectivity index (χ1) is 25.6. The van der Waals surface area contributed by atoms with E-state index in [2.05, 4.69) is 207 Å². The zero-order valence-corrected chi connectivity index (χ0v) is 29.3. The van der Waals surface area contributed by atoms with Gasteiger partial charge in [-0.2, -0.15) is 0 Å². The Hall–Kier alpha value is -6.44. The molecule has 0 amide bonds. The van der Waals surface area contributed by atoms with Crippen LogP contribution in [0.3, 0.4) is 0 Å². The maximum absolute atomic E-state index is 2.41. The summed E-state index contributed by atoms with van der Waals surface area (Å²) in [5, 5.41) is 7.77. The molecule has 0 atom stereocenters. The van der Waals surface area contributed by atoms with Gasteiger partial charge in [0.25, 0.3) is 0 Å². The van der Waals surface area contributed by atoms with E-state index in [4.69, 9.17) is 0 Å². The summed E-state index contributed by atoms with van der Waals surface area (Å²) >= 11 is 0. The summed E-state index contributed by atoms with van der Waals surface area (Å²) in [6.07, 6.45) is 0. The van der Waals surface area contributed by atoms with E-state index in [-0.39, 0.29) is 5.41 Å². The average Bonchev–Trinajstić information content (AvgIpc) is 3.44. The molecule has 1 aliphatic carbocycles. The van der Waals surface area contributed by atoms with Gasteiger partial charge in [-0.15, -0.1) is 0 Å². The van der Waals surface area contributed by atoms with Gasteiger partial charge in [-0.05, 0) is 113 Å². The molecule has 0 spiro atoms. The first kappa shape index (κ1) is 30.4. The minimum Gasteiger partial charge on any atom is -0.310 e. The fraction of sp³-hybridized carbons (Fsp3) is 0.0588. The second-order valence-corrected chi connectivity index (χ2v) is 14.5. The van der Waals surface area contributed by atoms with Crippen molar-refractivity contribution in [3.05, 3.63) is 199 Å². The molecule has 0 aromatic heterocycles. The highest BCUT2D eigenvalue weighted by molar-refractivity contribution is 6.28. The van der Waals surface area contributed by atoms with E-state index in [1.165, 1.54) is 76.8 Å². The van der Waals surface area contributed by atoms with Crippen molar-refractivity contribution in [2.75, 3.05) is 4.90 Å². The predicted octanol–water partition coefficient (Wildman–Crippen LogP) is 14.3. The highest BCUT2D eigenvalue weighted by Crippen LogP contribution is 2.51. The van der Waals surface area contributed by atoms with Gasteiger partial charge in [0.15, 0.2) is 0 Å². The molecule has 0 heterocycles. The third-order valence-electron chi connectivity index (χ3n) is 11.3. The Morgan fingerprint density at radius 1 is 0.327 bits per heavy atom. The smallest absolute Gasteiger partial charge is 0.0465 e. The number of fused-ring (bicyclic) bond motifs is 9. The van der Waals surface area contributed by atoms with Crippen LogP contribution in [0.25, 0.3) is 65.7 Å². The van der Waals surface area contributed by atoms with Crippen LogP contribution in [0.4, 0.5) is 17.1 Å². The van der Waals surface area contributed by atoms with Gasteiger partial charge in [0, 0.05) is 22.5 Å². The van der Waals surface area contributed by atoms with Crippen molar-refractivity contribution in [2.24, 2.45) is 0 Å². The molecule has 0 unspecified atom stereocenters. The lowest BCUT2D eigenvalue weighted by Gasteiger charge is -2.28. The Labute approximate surface area is 305 Å². The van der Waals surface area contributed by atoms with Crippen LogP contribution in [0.15, 0.2) is 188 Å². The van der Waals surface area contributed by atoms with E-state index in [0.29, 0.717) is 0 Å². The van der Waals surface area contributed by atoms with Gasteiger partial charge in [-0.25, -0.2) is 0 Å². The van der Waals surface area contributed by atoms with E-state index < -0.39 is 0 Å². The second-order valence-electron chi connectivity index (χ2n) is 14.5. The molecule has 1 heteroatoms. The molecular formula is C51H37N. The molecule has 0 fully saturated rings. The zero-order chi connectivity index (χ0) is 34.8. The van der Waals surface area contributed by atoms with Crippen molar-refractivity contribution >= 4 is 49.4 Å². The van der Waals surface area contributed by atoms with Crippen LogP contribution in [-0.4, -0.2) is 0 Å². The first-order valence-electron chi connectivity index (χ1n) is 18.2. The Balaban J connectivity index is 1.12. The molecule has 9 aromatic rings. The van der Waals surface area contributed by atoms with Crippen molar-refractivity contribution < 1.29 is 0 Å². The van der Waals surface area contributed by atoms with Crippen LogP contribution in [0, 0.1) is 0 Å². The first-order valence-corrected chi connectivity index (χ1v) is 18.2. The highest BCUT2D eigenvalue weighted by Gasteiger charge is 2.35. The predicted molar refractivity (Wildman–Crippen MR) is 222 cm³/mol.